The molecule has 4 rings (SSSR count). The molecule has 1 aliphatic rings. The second-order valence-electron chi connectivity index (χ2n) is 7.47. The monoisotopic (exact) mass is 450 g/mol. The molecule has 0 saturated heterocycles. The summed E-state index contributed by atoms with van der Waals surface area (Å²) >= 11 is 6.27. The number of hydrogen-bond acceptors (Lipinski definition) is 4. The van der Waals surface area contributed by atoms with Gasteiger partial charge in [0.15, 0.2) is 0 Å². The number of benzene rings is 3. The summed E-state index contributed by atoms with van der Waals surface area (Å²) in [6, 6.07) is 19.5. The standard InChI is InChI=1S/C25H23ClN2O4/c1-31-22-14-23(32-2)20(13-19(22)26)27-24(29)21(12-16-8-4-3-5-9-16)28-15-17-10-6-7-11-18(17)25(28)30/h3-11,13-14,21H,12,15H2,1-2H3,(H,27,29)/t21-/m0/s1. The van der Waals surface area contributed by atoms with Crippen LogP contribution in [0.25, 0.3) is 0 Å². The number of carbonyl (C=O) groups is 2. The van der Waals surface area contributed by atoms with Crippen LogP contribution >= 0.6 is 11.6 Å². The van der Waals surface area contributed by atoms with Gasteiger partial charge in [-0.3, -0.25) is 9.59 Å². The van der Waals surface area contributed by atoms with Gasteiger partial charge in [-0.25, -0.2) is 0 Å². The molecule has 7 heteroatoms. The number of rotatable bonds is 7. The second kappa shape index (κ2) is 9.32. The minimum atomic E-state index is -0.720. The fourth-order valence-corrected chi connectivity index (χ4v) is 4.12. The molecule has 3 aromatic rings. The van der Waals surface area contributed by atoms with Crippen LogP contribution < -0.4 is 14.8 Å². The maximum atomic E-state index is 13.5. The Bertz CT molecular complexity index is 1150. The molecule has 0 fully saturated rings. The zero-order valence-electron chi connectivity index (χ0n) is 17.8. The summed E-state index contributed by atoms with van der Waals surface area (Å²) in [5.74, 6) is 0.368. The first-order valence-corrected chi connectivity index (χ1v) is 10.5. The van der Waals surface area contributed by atoms with E-state index in [2.05, 4.69) is 5.32 Å². The number of nitrogens with zero attached hydrogens (tertiary/aromatic N) is 1. The van der Waals surface area contributed by atoms with E-state index in [-0.39, 0.29) is 11.8 Å². The van der Waals surface area contributed by atoms with Gasteiger partial charge < -0.3 is 19.7 Å². The van der Waals surface area contributed by atoms with Gasteiger partial charge in [0, 0.05) is 24.6 Å². The number of amides is 2. The van der Waals surface area contributed by atoms with Crippen LogP contribution in [0.2, 0.25) is 5.02 Å². The Morgan fingerprint density at radius 1 is 1.03 bits per heavy atom. The fraction of sp³-hybridized carbons (Fsp3) is 0.200. The molecule has 3 aromatic carbocycles. The molecule has 0 saturated carbocycles. The molecular formula is C25H23ClN2O4. The number of hydrogen-bond donors (Lipinski definition) is 1. The largest absolute Gasteiger partial charge is 0.495 e. The first-order chi connectivity index (χ1) is 15.5. The Morgan fingerprint density at radius 2 is 1.72 bits per heavy atom. The van der Waals surface area contributed by atoms with Gasteiger partial charge in [-0.2, -0.15) is 0 Å². The van der Waals surface area contributed by atoms with Crippen molar-refractivity contribution in [3.63, 3.8) is 0 Å². The van der Waals surface area contributed by atoms with Crippen molar-refractivity contribution in [1.29, 1.82) is 0 Å². The third-order valence-electron chi connectivity index (χ3n) is 5.53. The van der Waals surface area contributed by atoms with Crippen molar-refractivity contribution in [2.75, 3.05) is 19.5 Å². The predicted molar refractivity (Wildman–Crippen MR) is 123 cm³/mol. The highest BCUT2D eigenvalue weighted by atomic mass is 35.5. The first-order valence-electron chi connectivity index (χ1n) is 10.2. The van der Waals surface area contributed by atoms with Gasteiger partial charge in [0.25, 0.3) is 5.91 Å². The van der Waals surface area contributed by atoms with Crippen molar-refractivity contribution in [2.45, 2.75) is 19.0 Å². The van der Waals surface area contributed by atoms with E-state index in [0.29, 0.717) is 40.7 Å². The van der Waals surface area contributed by atoms with Crippen molar-refractivity contribution in [3.05, 3.63) is 88.4 Å². The SMILES string of the molecule is COc1cc(OC)c(NC(=O)[C@H](Cc2ccccc2)N2Cc3ccccc3C2=O)cc1Cl. The van der Waals surface area contributed by atoms with Gasteiger partial charge in [-0.15, -0.1) is 0 Å². The molecule has 0 radical (unpaired) electrons. The number of ether oxygens (including phenoxy) is 2. The van der Waals surface area contributed by atoms with E-state index in [4.69, 9.17) is 21.1 Å². The molecule has 0 aromatic heterocycles. The van der Waals surface area contributed by atoms with Crippen LogP contribution in [0.3, 0.4) is 0 Å². The average molecular weight is 451 g/mol. The normalized spacial score (nSPS) is 13.5. The lowest BCUT2D eigenvalue weighted by Gasteiger charge is -2.27. The topological polar surface area (TPSA) is 67.9 Å². The highest BCUT2D eigenvalue weighted by Gasteiger charge is 2.36. The lowest BCUT2D eigenvalue weighted by molar-refractivity contribution is -0.120. The molecule has 0 bridgehead atoms. The number of methoxy groups -OCH3 is 2. The minimum Gasteiger partial charge on any atom is -0.495 e. The van der Waals surface area contributed by atoms with Gasteiger partial charge in [0.2, 0.25) is 5.91 Å². The van der Waals surface area contributed by atoms with E-state index in [1.54, 1.807) is 23.1 Å². The Hall–Kier alpha value is -3.51. The van der Waals surface area contributed by atoms with Gasteiger partial charge in [-0.1, -0.05) is 60.1 Å². The van der Waals surface area contributed by atoms with Crippen LogP contribution in [0, 0.1) is 0 Å². The van der Waals surface area contributed by atoms with E-state index in [1.165, 1.54) is 14.2 Å². The lowest BCUT2D eigenvalue weighted by atomic mass is 10.0. The van der Waals surface area contributed by atoms with Crippen molar-refractivity contribution in [2.24, 2.45) is 0 Å². The van der Waals surface area contributed by atoms with Gasteiger partial charge in [0.1, 0.15) is 17.5 Å². The molecule has 0 spiro atoms. The van der Waals surface area contributed by atoms with Crippen molar-refractivity contribution >= 4 is 29.1 Å². The van der Waals surface area contributed by atoms with E-state index < -0.39 is 6.04 Å². The Labute approximate surface area is 191 Å². The zero-order chi connectivity index (χ0) is 22.7. The molecule has 32 heavy (non-hydrogen) atoms. The summed E-state index contributed by atoms with van der Waals surface area (Å²) in [4.78, 5) is 28.2. The second-order valence-corrected chi connectivity index (χ2v) is 7.88. The van der Waals surface area contributed by atoms with Crippen LogP contribution in [0.5, 0.6) is 11.5 Å². The summed E-state index contributed by atoms with van der Waals surface area (Å²) in [5, 5.41) is 3.24. The number of nitrogens with one attached hydrogen (secondary N) is 1. The van der Waals surface area contributed by atoms with Crippen molar-refractivity contribution < 1.29 is 19.1 Å². The van der Waals surface area contributed by atoms with E-state index >= 15 is 0 Å². The highest BCUT2D eigenvalue weighted by molar-refractivity contribution is 6.32. The predicted octanol–water partition coefficient (Wildman–Crippen LogP) is 4.56. The molecule has 1 N–H and O–H groups in total. The van der Waals surface area contributed by atoms with E-state index in [1.807, 2.05) is 48.5 Å². The van der Waals surface area contributed by atoms with Crippen molar-refractivity contribution in [1.82, 2.24) is 4.90 Å². The van der Waals surface area contributed by atoms with E-state index in [9.17, 15) is 9.59 Å². The molecule has 0 unspecified atom stereocenters. The summed E-state index contributed by atoms with van der Waals surface area (Å²) < 4.78 is 10.6. The van der Waals surface area contributed by atoms with Gasteiger partial charge in [0.05, 0.1) is 24.9 Å². The summed E-state index contributed by atoms with van der Waals surface area (Å²) in [5.41, 5.74) is 2.90. The molecule has 164 valence electrons. The lowest BCUT2D eigenvalue weighted by Crippen LogP contribution is -2.45. The molecule has 6 nitrogen and oxygen atoms in total. The molecule has 0 aliphatic carbocycles. The summed E-state index contributed by atoms with van der Waals surface area (Å²) in [6.45, 7) is 0.375. The Morgan fingerprint density at radius 3 is 2.41 bits per heavy atom. The summed E-state index contributed by atoms with van der Waals surface area (Å²) in [6.07, 6.45) is 0.374. The van der Waals surface area contributed by atoms with Crippen molar-refractivity contribution in [3.8, 4) is 11.5 Å². The van der Waals surface area contributed by atoms with Gasteiger partial charge >= 0.3 is 0 Å². The Balaban J connectivity index is 1.66. The highest BCUT2D eigenvalue weighted by Crippen LogP contribution is 2.36. The maximum Gasteiger partial charge on any atom is 0.255 e. The van der Waals surface area contributed by atoms with Crippen LogP contribution in [-0.4, -0.2) is 37.0 Å². The number of fused-ring (bicyclic) bond motifs is 1. The van der Waals surface area contributed by atoms with E-state index in [0.717, 1.165) is 11.1 Å². The average Bonchev–Trinajstić information content (AvgIpc) is 3.14. The van der Waals surface area contributed by atoms with Crippen LogP contribution in [0.15, 0.2) is 66.7 Å². The smallest absolute Gasteiger partial charge is 0.255 e. The molecular weight excluding hydrogens is 428 g/mol. The first kappa shape index (κ1) is 21.7. The zero-order valence-corrected chi connectivity index (χ0v) is 18.6. The minimum absolute atomic E-state index is 0.156. The summed E-state index contributed by atoms with van der Waals surface area (Å²) in [7, 11) is 3.01. The van der Waals surface area contributed by atoms with Crippen LogP contribution in [-0.2, 0) is 17.8 Å². The van der Waals surface area contributed by atoms with Crippen LogP contribution in [0.4, 0.5) is 5.69 Å². The third-order valence-corrected chi connectivity index (χ3v) is 5.83. The molecule has 1 atom stereocenters. The number of halogens is 1. The van der Waals surface area contributed by atoms with Crippen LogP contribution in [0.1, 0.15) is 21.5 Å². The molecule has 2 amide bonds. The molecule has 1 aliphatic heterocycles. The molecule has 1 heterocycles. The quantitative estimate of drug-likeness (QED) is 0.572. The third kappa shape index (κ3) is 4.27. The number of carbonyl (C=O) groups excluding carboxylic acids is 2. The fourth-order valence-electron chi connectivity index (χ4n) is 3.88. The maximum absolute atomic E-state index is 13.5. The Kier molecular flexibility index (Phi) is 6.32. The number of anilines is 1. The van der Waals surface area contributed by atoms with Gasteiger partial charge in [-0.05, 0) is 23.3 Å².